The molecule has 0 saturated heterocycles. The number of hydrogen-bond acceptors (Lipinski definition) is 3. The number of hydrogen-bond donors (Lipinski definition) is 0. The van der Waals surface area contributed by atoms with Gasteiger partial charge in [-0.3, -0.25) is 0 Å². The topological polar surface area (TPSA) is 38.9 Å². The van der Waals surface area contributed by atoms with Crippen LogP contribution in [-0.2, 0) is 12.8 Å². The lowest BCUT2D eigenvalue weighted by molar-refractivity contribution is 0.370. The summed E-state index contributed by atoms with van der Waals surface area (Å²) in [5.74, 6) is 1.96. The zero-order valence-electron chi connectivity index (χ0n) is 13.4. The highest BCUT2D eigenvalue weighted by Gasteiger charge is 2.28. The molecule has 3 nitrogen and oxygen atoms in total. The van der Waals surface area contributed by atoms with Gasteiger partial charge in [0, 0.05) is 17.9 Å². The number of aromatic nitrogens is 2. The largest absolute Gasteiger partial charge is 0.339 e. The Kier molecular flexibility index (Phi) is 4.11. The Morgan fingerprint density at radius 2 is 1.79 bits per heavy atom. The third kappa shape index (κ3) is 3.37. The molecule has 0 atom stereocenters. The number of benzene rings is 2. The Hall–Kier alpha value is -2.49. The summed E-state index contributed by atoms with van der Waals surface area (Å²) in [5, 5.41) is 4.04. The fraction of sp³-hybridized carbons (Fsp3) is 0.300. The Labute approximate surface area is 140 Å². The van der Waals surface area contributed by atoms with Gasteiger partial charge >= 0.3 is 0 Å². The minimum absolute atomic E-state index is 0.187. The van der Waals surface area contributed by atoms with Gasteiger partial charge in [0.25, 0.3) is 0 Å². The van der Waals surface area contributed by atoms with Gasteiger partial charge in [0.1, 0.15) is 5.82 Å². The van der Waals surface area contributed by atoms with E-state index in [0.717, 1.165) is 36.5 Å². The second-order valence-corrected chi connectivity index (χ2v) is 6.35. The summed E-state index contributed by atoms with van der Waals surface area (Å²) in [6, 6.07) is 14.9. The van der Waals surface area contributed by atoms with E-state index in [1.807, 2.05) is 18.2 Å². The predicted octanol–water partition coefficient (Wildman–Crippen LogP) is 4.93. The summed E-state index contributed by atoms with van der Waals surface area (Å²) in [6.45, 7) is 0. The van der Waals surface area contributed by atoms with Crippen molar-refractivity contribution in [2.24, 2.45) is 0 Å². The first-order chi connectivity index (χ1) is 11.8. The summed E-state index contributed by atoms with van der Waals surface area (Å²) in [4.78, 5) is 4.45. The first kappa shape index (κ1) is 15.1. The van der Waals surface area contributed by atoms with Crippen molar-refractivity contribution < 1.29 is 8.91 Å². The summed E-state index contributed by atoms with van der Waals surface area (Å²) in [5.41, 5.74) is 2.78. The molecule has 0 unspecified atom stereocenters. The van der Waals surface area contributed by atoms with Crippen LogP contribution in [0.2, 0.25) is 0 Å². The molecule has 3 aromatic rings. The van der Waals surface area contributed by atoms with E-state index in [-0.39, 0.29) is 5.82 Å². The van der Waals surface area contributed by atoms with Crippen LogP contribution >= 0.6 is 0 Å². The highest BCUT2D eigenvalue weighted by Crippen LogP contribution is 2.38. The van der Waals surface area contributed by atoms with Gasteiger partial charge in [-0.15, -0.1) is 0 Å². The van der Waals surface area contributed by atoms with E-state index in [0.29, 0.717) is 11.5 Å². The lowest BCUT2D eigenvalue weighted by atomic mass is 10.0. The van der Waals surface area contributed by atoms with Crippen molar-refractivity contribution in [3.8, 4) is 11.1 Å². The lowest BCUT2D eigenvalue weighted by Crippen LogP contribution is -1.91. The maximum atomic E-state index is 13.8. The summed E-state index contributed by atoms with van der Waals surface area (Å²) < 4.78 is 19.1. The summed E-state index contributed by atoms with van der Waals surface area (Å²) >= 11 is 0. The fourth-order valence-electron chi connectivity index (χ4n) is 2.87. The van der Waals surface area contributed by atoms with Gasteiger partial charge in [-0.1, -0.05) is 47.6 Å². The van der Waals surface area contributed by atoms with Crippen molar-refractivity contribution in [3.05, 3.63) is 71.6 Å². The van der Waals surface area contributed by atoms with Gasteiger partial charge in [-0.05, 0) is 42.9 Å². The SMILES string of the molecule is Fc1ccccc1-c1ccc(CCCc2nc(C3CC3)no2)cc1. The van der Waals surface area contributed by atoms with Gasteiger partial charge in [0.2, 0.25) is 5.89 Å². The van der Waals surface area contributed by atoms with Gasteiger partial charge in [-0.25, -0.2) is 4.39 Å². The van der Waals surface area contributed by atoms with Crippen LogP contribution in [0.1, 0.15) is 42.5 Å². The Morgan fingerprint density at radius 3 is 2.54 bits per heavy atom. The molecule has 122 valence electrons. The lowest BCUT2D eigenvalue weighted by Gasteiger charge is -2.05. The minimum Gasteiger partial charge on any atom is -0.339 e. The number of rotatable bonds is 6. The molecule has 2 aromatic carbocycles. The molecule has 0 spiro atoms. The normalized spacial score (nSPS) is 14.0. The molecule has 0 N–H and O–H groups in total. The van der Waals surface area contributed by atoms with E-state index in [4.69, 9.17) is 4.52 Å². The Morgan fingerprint density at radius 1 is 1.00 bits per heavy atom. The monoisotopic (exact) mass is 322 g/mol. The molecule has 0 radical (unpaired) electrons. The second kappa shape index (κ2) is 6.56. The van der Waals surface area contributed by atoms with Gasteiger partial charge in [-0.2, -0.15) is 4.98 Å². The van der Waals surface area contributed by atoms with Crippen LogP contribution in [-0.4, -0.2) is 10.1 Å². The van der Waals surface area contributed by atoms with Crippen LogP contribution in [0.25, 0.3) is 11.1 Å². The van der Waals surface area contributed by atoms with Gasteiger partial charge in [0.15, 0.2) is 5.82 Å². The highest BCUT2D eigenvalue weighted by molar-refractivity contribution is 5.64. The predicted molar refractivity (Wildman–Crippen MR) is 90.1 cm³/mol. The van der Waals surface area contributed by atoms with Crippen LogP contribution in [0, 0.1) is 5.82 Å². The van der Waals surface area contributed by atoms with Crippen molar-refractivity contribution in [1.82, 2.24) is 10.1 Å². The molecular formula is C20H19FN2O. The number of aryl methyl sites for hydroxylation is 2. The Bertz CT molecular complexity index is 822. The highest BCUT2D eigenvalue weighted by atomic mass is 19.1. The van der Waals surface area contributed by atoms with Gasteiger partial charge < -0.3 is 4.52 Å². The molecule has 0 bridgehead atoms. The molecule has 1 fully saturated rings. The van der Waals surface area contributed by atoms with Crippen LogP contribution in [0.5, 0.6) is 0 Å². The molecule has 1 aromatic heterocycles. The van der Waals surface area contributed by atoms with Crippen molar-refractivity contribution in [2.45, 2.75) is 38.0 Å². The maximum Gasteiger partial charge on any atom is 0.226 e. The van der Waals surface area contributed by atoms with Crippen molar-refractivity contribution >= 4 is 0 Å². The average Bonchev–Trinajstić information content (AvgIpc) is 3.35. The molecular weight excluding hydrogens is 303 g/mol. The van der Waals surface area contributed by atoms with Crippen LogP contribution in [0.15, 0.2) is 53.1 Å². The average molecular weight is 322 g/mol. The zero-order chi connectivity index (χ0) is 16.4. The maximum absolute atomic E-state index is 13.8. The van der Waals surface area contributed by atoms with Crippen LogP contribution in [0.4, 0.5) is 4.39 Å². The number of halogens is 1. The third-order valence-corrected chi connectivity index (χ3v) is 4.42. The molecule has 0 aliphatic heterocycles. The molecule has 4 rings (SSSR count). The first-order valence-electron chi connectivity index (χ1n) is 8.46. The Balaban J connectivity index is 1.34. The van der Waals surface area contributed by atoms with Gasteiger partial charge in [0.05, 0.1) is 0 Å². The van der Waals surface area contributed by atoms with E-state index in [1.54, 1.807) is 12.1 Å². The standard InChI is InChI=1S/C20H19FN2O/c21-18-6-2-1-5-17(18)15-10-8-14(9-11-15)4-3-7-19-22-20(23-24-19)16-12-13-16/h1-2,5-6,8-11,16H,3-4,7,12-13H2. The summed E-state index contributed by atoms with van der Waals surface area (Å²) in [6.07, 6.45) is 5.08. The minimum atomic E-state index is -0.187. The van der Waals surface area contributed by atoms with Crippen LogP contribution in [0.3, 0.4) is 0 Å². The molecule has 1 aliphatic carbocycles. The van der Waals surface area contributed by atoms with E-state index in [1.165, 1.54) is 24.5 Å². The second-order valence-electron chi connectivity index (χ2n) is 6.35. The van der Waals surface area contributed by atoms with E-state index >= 15 is 0 Å². The van der Waals surface area contributed by atoms with E-state index < -0.39 is 0 Å². The summed E-state index contributed by atoms with van der Waals surface area (Å²) in [7, 11) is 0. The first-order valence-corrected chi connectivity index (χ1v) is 8.46. The van der Waals surface area contributed by atoms with Crippen LogP contribution < -0.4 is 0 Å². The fourth-order valence-corrected chi connectivity index (χ4v) is 2.87. The molecule has 0 amide bonds. The molecule has 24 heavy (non-hydrogen) atoms. The molecule has 1 heterocycles. The quantitative estimate of drug-likeness (QED) is 0.646. The van der Waals surface area contributed by atoms with E-state index in [9.17, 15) is 4.39 Å². The van der Waals surface area contributed by atoms with E-state index in [2.05, 4.69) is 22.3 Å². The molecule has 4 heteroatoms. The number of nitrogens with zero attached hydrogens (tertiary/aromatic N) is 2. The molecule has 1 saturated carbocycles. The van der Waals surface area contributed by atoms with Crippen molar-refractivity contribution in [2.75, 3.05) is 0 Å². The van der Waals surface area contributed by atoms with Crippen molar-refractivity contribution in [3.63, 3.8) is 0 Å². The third-order valence-electron chi connectivity index (χ3n) is 4.42. The zero-order valence-corrected chi connectivity index (χ0v) is 13.4. The van der Waals surface area contributed by atoms with Crippen molar-refractivity contribution in [1.29, 1.82) is 0 Å². The smallest absolute Gasteiger partial charge is 0.226 e. The molecule has 1 aliphatic rings.